The van der Waals surface area contributed by atoms with Crippen molar-refractivity contribution in [1.82, 2.24) is 10.3 Å². The van der Waals surface area contributed by atoms with Crippen molar-refractivity contribution in [2.75, 3.05) is 7.05 Å². The lowest BCUT2D eigenvalue weighted by Gasteiger charge is -2.13. The molecule has 0 radical (unpaired) electrons. The number of para-hydroxylation sites is 2. The summed E-state index contributed by atoms with van der Waals surface area (Å²) in [6.07, 6.45) is 1.36. The number of amides is 1. The van der Waals surface area contributed by atoms with Crippen molar-refractivity contribution in [3.8, 4) is 0 Å². The summed E-state index contributed by atoms with van der Waals surface area (Å²) in [7, 11) is 1.61. The summed E-state index contributed by atoms with van der Waals surface area (Å²) >= 11 is 0. The molecule has 22 heavy (non-hydrogen) atoms. The van der Waals surface area contributed by atoms with Gasteiger partial charge in [0, 0.05) is 17.8 Å². The molecule has 0 aliphatic heterocycles. The van der Waals surface area contributed by atoms with Crippen LogP contribution in [0.4, 0.5) is 0 Å². The summed E-state index contributed by atoms with van der Waals surface area (Å²) in [5, 5.41) is 4.86. The predicted octanol–water partition coefficient (Wildman–Crippen LogP) is 2.39. The number of aryl methyl sites for hydroxylation is 1. The Hall–Kier alpha value is -2.46. The van der Waals surface area contributed by atoms with E-state index < -0.39 is 6.04 Å². The molecule has 2 aromatic carbocycles. The van der Waals surface area contributed by atoms with Crippen LogP contribution in [0, 0.1) is 0 Å². The van der Waals surface area contributed by atoms with Gasteiger partial charge >= 0.3 is 0 Å². The third kappa shape index (κ3) is 2.65. The standard InChI is InChI=1S/C18H19N3O/c1-20-18(22)15(19)11-10-12-13-6-2-4-8-16(13)21-17-9-5-3-7-14(12)17/h2-9,15H,10-11,19H2,1H3,(H,20,22). The maximum atomic E-state index is 11.6. The van der Waals surface area contributed by atoms with E-state index in [0.29, 0.717) is 6.42 Å². The first-order valence-electron chi connectivity index (χ1n) is 7.44. The van der Waals surface area contributed by atoms with Crippen molar-refractivity contribution < 1.29 is 4.79 Å². The van der Waals surface area contributed by atoms with Crippen LogP contribution in [0.1, 0.15) is 12.0 Å². The summed E-state index contributed by atoms with van der Waals surface area (Å²) in [4.78, 5) is 16.3. The van der Waals surface area contributed by atoms with Gasteiger partial charge in [-0.05, 0) is 30.5 Å². The van der Waals surface area contributed by atoms with Gasteiger partial charge < -0.3 is 11.1 Å². The van der Waals surface area contributed by atoms with Crippen molar-refractivity contribution in [2.24, 2.45) is 5.73 Å². The van der Waals surface area contributed by atoms with Gasteiger partial charge in [-0.25, -0.2) is 4.98 Å². The first-order chi connectivity index (χ1) is 10.7. The Bertz CT molecular complexity index is 775. The Balaban J connectivity index is 2.06. The summed E-state index contributed by atoms with van der Waals surface area (Å²) in [6.45, 7) is 0. The van der Waals surface area contributed by atoms with Crippen molar-refractivity contribution in [2.45, 2.75) is 18.9 Å². The number of hydrogen-bond donors (Lipinski definition) is 2. The molecule has 0 fully saturated rings. The molecule has 1 unspecified atom stereocenters. The molecule has 0 saturated carbocycles. The van der Waals surface area contributed by atoms with Gasteiger partial charge in [-0.3, -0.25) is 4.79 Å². The average molecular weight is 293 g/mol. The lowest BCUT2D eigenvalue weighted by atomic mass is 9.97. The van der Waals surface area contributed by atoms with Crippen LogP contribution in [-0.2, 0) is 11.2 Å². The molecule has 0 saturated heterocycles. The number of likely N-dealkylation sites (N-methyl/N-ethyl adjacent to an activating group) is 1. The van der Waals surface area contributed by atoms with Crippen LogP contribution in [0.25, 0.3) is 21.8 Å². The Kier molecular flexibility index (Phi) is 4.02. The summed E-state index contributed by atoms with van der Waals surface area (Å²) in [6, 6.07) is 15.7. The van der Waals surface area contributed by atoms with E-state index in [1.54, 1.807) is 7.05 Å². The molecule has 0 spiro atoms. The highest BCUT2D eigenvalue weighted by molar-refractivity contribution is 5.97. The van der Waals surface area contributed by atoms with E-state index in [4.69, 9.17) is 10.7 Å². The first-order valence-corrected chi connectivity index (χ1v) is 7.44. The van der Waals surface area contributed by atoms with E-state index in [0.717, 1.165) is 28.2 Å². The molecular weight excluding hydrogens is 274 g/mol. The molecule has 0 bridgehead atoms. The molecule has 0 aliphatic rings. The van der Waals surface area contributed by atoms with Crippen molar-refractivity contribution in [3.63, 3.8) is 0 Å². The van der Waals surface area contributed by atoms with E-state index in [9.17, 15) is 4.79 Å². The lowest BCUT2D eigenvalue weighted by molar-refractivity contribution is -0.121. The molecule has 0 aliphatic carbocycles. The van der Waals surface area contributed by atoms with Gasteiger partial charge in [-0.1, -0.05) is 36.4 Å². The zero-order valence-corrected chi connectivity index (χ0v) is 12.5. The average Bonchev–Trinajstić information content (AvgIpc) is 2.57. The number of fused-ring (bicyclic) bond motifs is 2. The number of carbonyl (C=O) groups excluding carboxylic acids is 1. The molecule has 1 aromatic heterocycles. The van der Waals surface area contributed by atoms with Crippen molar-refractivity contribution >= 4 is 27.7 Å². The predicted molar refractivity (Wildman–Crippen MR) is 89.6 cm³/mol. The summed E-state index contributed by atoms with van der Waals surface area (Å²) < 4.78 is 0. The Labute approximate surface area is 129 Å². The topological polar surface area (TPSA) is 68.0 Å². The molecule has 4 heteroatoms. The molecule has 3 rings (SSSR count). The zero-order valence-electron chi connectivity index (χ0n) is 12.5. The molecule has 3 N–H and O–H groups in total. The van der Waals surface area contributed by atoms with Crippen LogP contribution in [-0.4, -0.2) is 24.0 Å². The second-order valence-corrected chi connectivity index (χ2v) is 5.38. The number of carbonyl (C=O) groups is 1. The quantitative estimate of drug-likeness (QED) is 0.726. The van der Waals surface area contributed by atoms with E-state index in [1.165, 1.54) is 5.56 Å². The Morgan fingerprint density at radius 1 is 1.09 bits per heavy atom. The number of rotatable bonds is 4. The lowest BCUT2D eigenvalue weighted by Crippen LogP contribution is -2.38. The Morgan fingerprint density at radius 2 is 1.64 bits per heavy atom. The van der Waals surface area contributed by atoms with Crippen LogP contribution in [0.3, 0.4) is 0 Å². The monoisotopic (exact) mass is 293 g/mol. The number of pyridine rings is 1. The van der Waals surface area contributed by atoms with Gasteiger partial charge in [0.05, 0.1) is 17.1 Å². The fourth-order valence-corrected chi connectivity index (χ4v) is 2.81. The normalized spacial score (nSPS) is 12.5. The summed E-state index contributed by atoms with van der Waals surface area (Å²) in [5.41, 5.74) is 9.10. The van der Waals surface area contributed by atoms with Gasteiger partial charge in [0.1, 0.15) is 0 Å². The maximum Gasteiger partial charge on any atom is 0.236 e. The second-order valence-electron chi connectivity index (χ2n) is 5.38. The molecule has 1 amide bonds. The number of nitrogens with two attached hydrogens (primary N) is 1. The van der Waals surface area contributed by atoms with Crippen LogP contribution < -0.4 is 11.1 Å². The van der Waals surface area contributed by atoms with E-state index in [2.05, 4.69) is 17.4 Å². The van der Waals surface area contributed by atoms with Crippen LogP contribution in [0.5, 0.6) is 0 Å². The molecule has 3 aromatic rings. The van der Waals surface area contributed by atoms with Crippen LogP contribution in [0.15, 0.2) is 48.5 Å². The highest BCUT2D eigenvalue weighted by atomic mass is 16.2. The highest BCUT2D eigenvalue weighted by Crippen LogP contribution is 2.27. The van der Waals surface area contributed by atoms with Gasteiger partial charge in [0.25, 0.3) is 0 Å². The third-order valence-electron chi connectivity index (χ3n) is 3.99. The largest absolute Gasteiger partial charge is 0.358 e. The summed E-state index contributed by atoms with van der Waals surface area (Å²) in [5.74, 6) is -0.123. The zero-order chi connectivity index (χ0) is 15.5. The minimum Gasteiger partial charge on any atom is -0.358 e. The molecule has 1 heterocycles. The number of hydrogen-bond acceptors (Lipinski definition) is 3. The number of nitrogens with one attached hydrogen (secondary N) is 1. The third-order valence-corrected chi connectivity index (χ3v) is 3.99. The number of benzene rings is 2. The van der Waals surface area contributed by atoms with Crippen molar-refractivity contribution in [1.29, 1.82) is 0 Å². The number of aromatic nitrogens is 1. The second kappa shape index (κ2) is 6.12. The van der Waals surface area contributed by atoms with Gasteiger partial charge in [0.15, 0.2) is 0 Å². The smallest absolute Gasteiger partial charge is 0.236 e. The van der Waals surface area contributed by atoms with Gasteiger partial charge in [-0.2, -0.15) is 0 Å². The molecule has 1 atom stereocenters. The van der Waals surface area contributed by atoms with Crippen LogP contribution >= 0.6 is 0 Å². The van der Waals surface area contributed by atoms with E-state index in [-0.39, 0.29) is 5.91 Å². The minimum atomic E-state index is -0.490. The fraction of sp³-hybridized carbons (Fsp3) is 0.222. The first kappa shape index (κ1) is 14.5. The SMILES string of the molecule is CNC(=O)C(N)CCc1c2ccccc2nc2ccccc12. The van der Waals surface area contributed by atoms with Crippen molar-refractivity contribution in [3.05, 3.63) is 54.1 Å². The van der Waals surface area contributed by atoms with Crippen LogP contribution in [0.2, 0.25) is 0 Å². The van der Waals surface area contributed by atoms with Gasteiger partial charge in [0.2, 0.25) is 5.91 Å². The van der Waals surface area contributed by atoms with E-state index >= 15 is 0 Å². The minimum absolute atomic E-state index is 0.123. The number of nitrogens with zero attached hydrogens (tertiary/aromatic N) is 1. The highest BCUT2D eigenvalue weighted by Gasteiger charge is 2.14. The van der Waals surface area contributed by atoms with E-state index in [1.807, 2.05) is 36.4 Å². The molecule has 4 nitrogen and oxygen atoms in total. The maximum absolute atomic E-state index is 11.6. The molecular formula is C18H19N3O. The fourth-order valence-electron chi connectivity index (χ4n) is 2.81. The van der Waals surface area contributed by atoms with Gasteiger partial charge in [-0.15, -0.1) is 0 Å². The molecule has 112 valence electrons. The Morgan fingerprint density at radius 3 is 2.18 bits per heavy atom.